The molecule has 2 aliphatic heterocycles. The molecule has 5 rings (SSSR count). The lowest BCUT2D eigenvalue weighted by atomic mass is 10.1. The molecule has 0 bridgehead atoms. The lowest BCUT2D eigenvalue weighted by Crippen LogP contribution is -2.54. The average molecular weight is 542 g/mol. The number of hydrogen-bond acceptors (Lipinski definition) is 9. The number of para-hydroxylation sites is 1. The van der Waals surface area contributed by atoms with E-state index in [0.29, 0.717) is 43.1 Å². The highest BCUT2D eigenvalue weighted by atomic mass is 19.1. The molecule has 0 aliphatic carbocycles. The molecule has 0 saturated carbocycles. The highest BCUT2D eigenvalue weighted by Gasteiger charge is 2.32. The summed E-state index contributed by atoms with van der Waals surface area (Å²) < 4.78 is 27.6. The van der Waals surface area contributed by atoms with Gasteiger partial charge in [0.05, 0.1) is 5.39 Å². The Kier molecular flexibility index (Phi) is 7.23. The van der Waals surface area contributed by atoms with Crippen LogP contribution in [0.3, 0.4) is 0 Å². The number of ether oxygens (including phenoxy) is 2. The number of rotatable bonds is 5. The lowest BCUT2D eigenvalue weighted by molar-refractivity contribution is 0.0218. The first-order valence-electron chi connectivity index (χ1n) is 13.3. The molecule has 2 aliphatic rings. The number of hydrogen-bond donors (Lipinski definition) is 1. The van der Waals surface area contributed by atoms with Crippen LogP contribution in [0.25, 0.3) is 16.7 Å². The number of fused-ring (bicyclic) bond motifs is 1. The number of carbonyl (C=O) groups excluding carboxylic acids is 1. The maximum Gasteiger partial charge on any atom is 0.410 e. The number of piperazine rings is 1. The van der Waals surface area contributed by atoms with Gasteiger partial charge in [0, 0.05) is 37.9 Å². The monoisotopic (exact) mass is 541 g/mol. The second kappa shape index (κ2) is 10.5. The molecule has 4 heterocycles. The fourth-order valence-electron chi connectivity index (χ4n) is 5.13. The summed E-state index contributed by atoms with van der Waals surface area (Å²) >= 11 is 0. The van der Waals surface area contributed by atoms with E-state index >= 15 is 0 Å². The molecular formula is C27H36FN7O4. The van der Waals surface area contributed by atoms with Crippen LogP contribution in [0, 0.1) is 5.82 Å². The van der Waals surface area contributed by atoms with Crippen LogP contribution in [-0.4, -0.2) is 98.3 Å². The van der Waals surface area contributed by atoms with Crippen LogP contribution in [-0.2, 0) is 4.74 Å². The van der Waals surface area contributed by atoms with Crippen molar-refractivity contribution in [3.8, 4) is 17.4 Å². The number of halogens is 1. The maximum absolute atomic E-state index is 14.7. The number of likely N-dealkylation sites (tertiary alicyclic amines) is 1. The highest BCUT2D eigenvalue weighted by Crippen LogP contribution is 2.32. The van der Waals surface area contributed by atoms with Gasteiger partial charge in [-0.2, -0.15) is 9.97 Å². The van der Waals surface area contributed by atoms with Crippen molar-refractivity contribution in [2.45, 2.75) is 58.2 Å². The molecule has 3 aromatic rings. The highest BCUT2D eigenvalue weighted by molar-refractivity contribution is 5.88. The summed E-state index contributed by atoms with van der Waals surface area (Å²) in [6.07, 6.45) is 3.42. The number of anilines is 1. The Morgan fingerprint density at radius 1 is 1.21 bits per heavy atom. The molecule has 2 atom stereocenters. The van der Waals surface area contributed by atoms with E-state index in [9.17, 15) is 14.3 Å². The first-order valence-corrected chi connectivity index (χ1v) is 13.3. The van der Waals surface area contributed by atoms with Gasteiger partial charge in [0.15, 0.2) is 11.5 Å². The normalized spacial score (nSPS) is 20.6. The van der Waals surface area contributed by atoms with Gasteiger partial charge in [-0.15, -0.1) is 5.10 Å². The van der Waals surface area contributed by atoms with Crippen molar-refractivity contribution in [3.63, 3.8) is 0 Å². The van der Waals surface area contributed by atoms with E-state index in [2.05, 4.69) is 26.9 Å². The number of aromatic hydroxyl groups is 1. The van der Waals surface area contributed by atoms with Gasteiger partial charge >= 0.3 is 12.1 Å². The summed E-state index contributed by atoms with van der Waals surface area (Å²) in [7, 11) is 2.07. The van der Waals surface area contributed by atoms with Crippen LogP contribution in [0.1, 0.15) is 40.5 Å². The maximum atomic E-state index is 14.7. The second-order valence-corrected chi connectivity index (χ2v) is 11.3. The van der Waals surface area contributed by atoms with E-state index in [4.69, 9.17) is 14.5 Å². The standard InChI is InChI=1S/C27H36FN7O4/c1-17-14-33(26(37)39-27(2,3)4)12-13-34(17)24-19-15-35(22-20(28)9-6-10-21(22)36)31-23(19)29-25(30-24)38-16-18-8-7-11-32(18)5/h6,9-10,15,17-18,36H,7-8,11-14,16H2,1-5H3/t17-,18-/m0/s1. The quantitative estimate of drug-likeness (QED) is 0.518. The number of amides is 1. The molecule has 1 amide bonds. The van der Waals surface area contributed by atoms with Crippen LogP contribution >= 0.6 is 0 Å². The molecule has 0 radical (unpaired) electrons. The van der Waals surface area contributed by atoms with Crippen LogP contribution < -0.4 is 9.64 Å². The smallest absolute Gasteiger partial charge is 0.410 e. The van der Waals surface area contributed by atoms with Crippen molar-refractivity contribution in [1.29, 1.82) is 0 Å². The molecule has 0 spiro atoms. The van der Waals surface area contributed by atoms with E-state index in [1.54, 1.807) is 11.1 Å². The molecule has 210 valence electrons. The predicted molar refractivity (Wildman–Crippen MR) is 144 cm³/mol. The minimum Gasteiger partial charge on any atom is -0.506 e. The Hall–Kier alpha value is -3.67. The Balaban J connectivity index is 1.48. The molecule has 0 unspecified atom stereocenters. The van der Waals surface area contributed by atoms with Gasteiger partial charge in [-0.25, -0.2) is 13.9 Å². The van der Waals surface area contributed by atoms with Crippen molar-refractivity contribution in [2.75, 3.05) is 44.7 Å². The van der Waals surface area contributed by atoms with Crippen LogP contribution in [0.5, 0.6) is 11.8 Å². The Morgan fingerprint density at radius 3 is 2.67 bits per heavy atom. The van der Waals surface area contributed by atoms with E-state index < -0.39 is 11.4 Å². The number of nitrogens with zero attached hydrogens (tertiary/aromatic N) is 7. The predicted octanol–water partition coefficient (Wildman–Crippen LogP) is 3.58. The summed E-state index contributed by atoms with van der Waals surface area (Å²) in [5, 5.41) is 15.4. The molecule has 12 heteroatoms. The fourth-order valence-corrected chi connectivity index (χ4v) is 5.13. The van der Waals surface area contributed by atoms with Crippen molar-refractivity contribution in [2.24, 2.45) is 0 Å². The van der Waals surface area contributed by atoms with Gasteiger partial charge < -0.3 is 29.3 Å². The van der Waals surface area contributed by atoms with Gasteiger partial charge in [-0.3, -0.25) is 0 Å². The zero-order valence-corrected chi connectivity index (χ0v) is 23.1. The van der Waals surface area contributed by atoms with E-state index in [0.717, 1.165) is 19.4 Å². The Bertz CT molecular complexity index is 1340. The zero-order valence-electron chi connectivity index (χ0n) is 23.1. The van der Waals surface area contributed by atoms with Gasteiger partial charge in [0.2, 0.25) is 0 Å². The number of benzene rings is 1. The van der Waals surface area contributed by atoms with Crippen LogP contribution in [0.4, 0.5) is 15.0 Å². The summed E-state index contributed by atoms with van der Waals surface area (Å²) in [5.74, 6) is -0.275. The topological polar surface area (TPSA) is 109 Å². The number of carbonyl (C=O) groups is 1. The molecule has 2 aromatic heterocycles. The Labute approximate surface area is 227 Å². The van der Waals surface area contributed by atoms with E-state index in [-0.39, 0.29) is 35.6 Å². The molecule has 2 fully saturated rings. The van der Waals surface area contributed by atoms with Gasteiger partial charge in [-0.1, -0.05) is 6.07 Å². The molecular weight excluding hydrogens is 505 g/mol. The van der Waals surface area contributed by atoms with Gasteiger partial charge in [0.25, 0.3) is 0 Å². The first-order chi connectivity index (χ1) is 18.5. The number of phenolic OH excluding ortho intramolecular Hbond substituents is 1. The molecule has 1 aromatic carbocycles. The summed E-state index contributed by atoms with van der Waals surface area (Å²) in [6.45, 7) is 10.4. The van der Waals surface area contributed by atoms with Crippen LogP contribution in [0.15, 0.2) is 24.4 Å². The second-order valence-electron chi connectivity index (χ2n) is 11.3. The van der Waals surface area contributed by atoms with Crippen molar-refractivity contribution >= 4 is 22.9 Å². The fraction of sp³-hybridized carbons (Fsp3) is 0.556. The van der Waals surface area contributed by atoms with E-state index in [1.807, 2.05) is 27.7 Å². The third-order valence-electron chi connectivity index (χ3n) is 7.16. The van der Waals surface area contributed by atoms with Gasteiger partial charge in [0.1, 0.15) is 29.5 Å². The summed E-state index contributed by atoms with van der Waals surface area (Å²) in [5.41, 5.74) is -0.332. The zero-order chi connectivity index (χ0) is 27.9. The van der Waals surface area contributed by atoms with Crippen molar-refractivity contribution in [3.05, 3.63) is 30.2 Å². The Morgan fingerprint density at radius 2 is 2.00 bits per heavy atom. The minimum absolute atomic E-state index is 0.0701. The van der Waals surface area contributed by atoms with Crippen LogP contribution in [0.2, 0.25) is 0 Å². The molecule has 1 N–H and O–H groups in total. The van der Waals surface area contributed by atoms with Crippen molar-refractivity contribution < 1.29 is 23.8 Å². The number of likely N-dealkylation sites (N-methyl/N-ethyl adjacent to an activating group) is 1. The third kappa shape index (κ3) is 5.70. The minimum atomic E-state index is -0.614. The van der Waals surface area contributed by atoms with Gasteiger partial charge in [-0.05, 0) is 66.3 Å². The first kappa shape index (κ1) is 26.9. The van der Waals surface area contributed by atoms with E-state index in [1.165, 1.54) is 22.9 Å². The summed E-state index contributed by atoms with van der Waals surface area (Å²) in [4.78, 5) is 28.0. The number of aromatic nitrogens is 4. The summed E-state index contributed by atoms with van der Waals surface area (Å²) in [6, 6.07) is 4.45. The molecule has 2 saturated heterocycles. The molecule has 11 nitrogen and oxygen atoms in total. The molecule has 39 heavy (non-hydrogen) atoms. The average Bonchev–Trinajstić information content (AvgIpc) is 3.46. The number of phenols is 1. The lowest BCUT2D eigenvalue weighted by Gasteiger charge is -2.40. The largest absolute Gasteiger partial charge is 0.506 e. The third-order valence-corrected chi connectivity index (χ3v) is 7.16. The van der Waals surface area contributed by atoms with Crippen molar-refractivity contribution in [1.82, 2.24) is 29.5 Å². The SMILES string of the molecule is C[C@H]1CN(C(=O)OC(C)(C)C)CCN1c1nc(OC[C@@H]2CCCN2C)nc2nn(-c3c(O)cccc3F)cc12.